The Balaban J connectivity index is 1.50. The van der Waals surface area contributed by atoms with Crippen LogP contribution in [0.25, 0.3) is 0 Å². The fourth-order valence-corrected chi connectivity index (χ4v) is 4.09. The Labute approximate surface area is 172 Å². The number of benzene rings is 1. The Kier molecular flexibility index (Phi) is 6.41. The molecule has 0 aliphatic carbocycles. The summed E-state index contributed by atoms with van der Waals surface area (Å²) < 4.78 is 12.9. The molecular formula is C21H30N6O2. The second-order valence-electron chi connectivity index (χ2n) is 7.67. The van der Waals surface area contributed by atoms with Crippen molar-refractivity contribution in [3.63, 3.8) is 0 Å². The third-order valence-electron chi connectivity index (χ3n) is 5.69. The summed E-state index contributed by atoms with van der Waals surface area (Å²) in [6, 6.07) is 6.26. The molecule has 0 N–H and O–H groups in total. The minimum atomic E-state index is 0.241. The Morgan fingerprint density at radius 3 is 2.79 bits per heavy atom. The van der Waals surface area contributed by atoms with Gasteiger partial charge in [0.25, 0.3) is 0 Å². The Morgan fingerprint density at radius 2 is 2.00 bits per heavy atom. The molecule has 8 heteroatoms. The number of nitrogens with zero attached hydrogens (tertiary/aromatic N) is 6. The molecule has 8 nitrogen and oxygen atoms in total. The van der Waals surface area contributed by atoms with Gasteiger partial charge < -0.3 is 9.47 Å². The zero-order valence-corrected chi connectivity index (χ0v) is 17.2. The van der Waals surface area contributed by atoms with Crippen LogP contribution in [0.3, 0.4) is 0 Å². The predicted octanol–water partition coefficient (Wildman–Crippen LogP) is 2.49. The van der Waals surface area contributed by atoms with Crippen molar-refractivity contribution in [2.24, 2.45) is 0 Å². The normalized spacial score (nSPS) is 18.1. The van der Waals surface area contributed by atoms with Crippen molar-refractivity contribution in [3.8, 4) is 11.5 Å². The van der Waals surface area contributed by atoms with Crippen LogP contribution in [-0.4, -0.2) is 69.5 Å². The highest BCUT2D eigenvalue weighted by Gasteiger charge is 2.28. The van der Waals surface area contributed by atoms with Gasteiger partial charge >= 0.3 is 0 Å². The molecule has 1 aromatic carbocycles. The van der Waals surface area contributed by atoms with Crippen LogP contribution < -0.4 is 9.47 Å². The van der Waals surface area contributed by atoms with Crippen molar-refractivity contribution < 1.29 is 9.47 Å². The molecule has 1 saturated heterocycles. The van der Waals surface area contributed by atoms with E-state index in [0.717, 1.165) is 74.9 Å². The van der Waals surface area contributed by atoms with Crippen molar-refractivity contribution in [2.75, 3.05) is 39.5 Å². The van der Waals surface area contributed by atoms with Gasteiger partial charge in [-0.25, -0.2) is 4.68 Å². The number of hydrogen-bond acceptors (Lipinski definition) is 7. The van der Waals surface area contributed by atoms with E-state index in [4.69, 9.17) is 9.47 Å². The molecule has 2 aromatic rings. The lowest BCUT2D eigenvalue weighted by molar-refractivity contribution is 0.0915. The smallest absolute Gasteiger partial charge is 0.231 e. The maximum atomic E-state index is 5.51. The molecule has 0 amide bonds. The van der Waals surface area contributed by atoms with Crippen molar-refractivity contribution in [1.29, 1.82) is 0 Å². The molecule has 0 saturated carbocycles. The van der Waals surface area contributed by atoms with E-state index in [-0.39, 0.29) is 12.8 Å². The molecule has 3 heterocycles. The molecule has 29 heavy (non-hydrogen) atoms. The number of piperazine rings is 1. The summed E-state index contributed by atoms with van der Waals surface area (Å²) in [4.78, 5) is 4.98. The molecule has 1 fully saturated rings. The van der Waals surface area contributed by atoms with Crippen LogP contribution in [0.2, 0.25) is 0 Å². The summed E-state index contributed by atoms with van der Waals surface area (Å²) >= 11 is 0. The highest BCUT2D eigenvalue weighted by atomic mass is 16.7. The topological polar surface area (TPSA) is 68.5 Å². The maximum absolute atomic E-state index is 5.51. The third kappa shape index (κ3) is 4.59. The number of rotatable bonds is 9. The van der Waals surface area contributed by atoms with E-state index < -0.39 is 0 Å². The van der Waals surface area contributed by atoms with E-state index in [2.05, 4.69) is 38.8 Å². The fraction of sp³-hybridized carbons (Fsp3) is 0.571. The van der Waals surface area contributed by atoms with Gasteiger partial charge in [0, 0.05) is 32.7 Å². The SMILES string of the molecule is C=CCN1CCN([C@H](CCCC)c2nnnn2Cc2ccc3c(c2)OCO3)CC1. The van der Waals surface area contributed by atoms with Crippen LogP contribution in [0.15, 0.2) is 30.9 Å². The molecule has 156 valence electrons. The number of fused-ring (bicyclic) bond motifs is 1. The summed E-state index contributed by atoms with van der Waals surface area (Å²) in [7, 11) is 0. The van der Waals surface area contributed by atoms with Crippen LogP contribution in [0.4, 0.5) is 0 Å². The summed E-state index contributed by atoms with van der Waals surface area (Å²) in [6.45, 7) is 12.1. The van der Waals surface area contributed by atoms with E-state index in [9.17, 15) is 0 Å². The number of ether oxygens (including phenoxy) is 2. The third-order valence-corrected chi connectivity index (χ3v) is 5.69. The van der Waals surface area contributed by atoms with Crippen molar-refractivity contribution in [2.45, 2.75) is 38.8 Å². The Morgan fingerprint density at radius 1 is 1.17 bits per heavy atom. The fourth-order valence-electron chi connectivity index (χ4n) is 4.09. The highest BCUT2D eigenvalue weighted by Crippen LogP contribution is 2.33. The van der Waals surface area contributed by atoms with Gasteiger partial charge in [-0.15, -0.1) is 11.7 Å². The standard InChI is InChI=1S/C21H30N6O2/c1-3-5-6-18(26-12-10-25(9-4-2)11-13-26)21-22-23-24-27(21)15-17-7-8-19-20(14-17)29-16-28-19/h4,7-8,14,18H,2-3,5-6,9-13,15-16H2,1H3/t18-/m1/s1. The Bertz CT molecular complexity index is 815. The molecular weight excluding hydrogens is 368 g/mol. The average Bonchev–Trinajstić information content (AvgIpc) is 3.39. The minimum absolute atomic E-state index is 0.241. The van der Waals surface area contributed by atoms with Crippen molar-refractivity contribution in [3.05, 3.63) is 42.2 Å². The van der Waals surface area contributed by atoms with Crippen molar-refractivity contribution in [1.82, 2.24) is 30.0 Å². The van der Waals surface area contributed by atoms with Crippen LogP contribution in [0.1, 0.15) is 43.6 Å². The highest BCUT2D eigenvalue weighted by molar-refractivity contribution is 5.44. The number of tetrazole rings is 1. The zero-order valence-electron chi connectivity index (χ0n) is 17.2. The average molecular weight is 399 g/mol. The first kappa shape index (κ1) is 19.8. The van der Waals surface area contributed by atoms with Gasteiger partial charge in [-0.1, -0.05) is 31.9 Å². The molecule has 0 spiro atoms. The van der Waals surface area contributed by atoms with Gasteiger partial charge in [0.05, 0.1) is 12.6 Å². The molecule has 0 bridgehead atoms. The number of unbranched alkanes of at least 4 members (excludes halogenated alkanes) is 1. The van der Waals surface area contributed by atoms with Gasteiger partial charge in [-0.3, -0.25) is 9.80 Å². The molecule has 0 radical (unpaired) electrons. The lowest BCUT2D eigenvalue weighted by Gasteiger charge is -2.38. The molecule has 0 unspecified atom stereocenters. The quantitative estimate of drug-likeness (QED) is 0.601. The Hall–Kier alpha value is -2.45. The summed E-state index contributed by atoms with van der Waals surface area (Å²) in [5, 5.41) is 12.8. The maximum Gasteiger partial charge on any atom is 0.231 e. The van der Waals surface area contributed by atoms with Crippen molar-refractivity contribution >= 4 is 0 Å². The first-order chi connectivity index (χ1) is 14.3. The van der Waals surface area contributed by atoms with Crippen LogP contribution in [0.5, 0.6) is 11.5 Å². The number of aromatic nitrogens is 4. The lowest BCUT2D eigenvalue weighted by atomic mass is 10.1. The van der Waals surface area contributed by atoms with Gasteiger partial charge in [0.2, 0.25) is 6.79 Å². The second kappa shape index (κ2) is 9.37. The summed E-state index contributed by atoms with van der Waals surface area (Å²) in [6.07, 6.45) is 5.38. The van der Waals surface area contributed by atoms with Gasteiger partial charge in [-0.05, 0) is 34.5 Å². The molecule has 1 atom stereocenters. The zero-order chi connectivity index (χ0) is 20.1. The van der Waals surface area contributed by atoms with E-state index in [1.54, 1.807) is 0 Å². The van der Waals surface area contributed by atoms with E-state index >= 15 is 0 Å². The first-order valence-corrected chi connectivity index (χ1v) is 10.5. The van der Waals surface area contributed by atoms with Gasteiger partial charge in [0.15, 0.2) is 17.3 Å². The molecule has 1 aromatic heterocycles. The summed E-state index contributed by atoms with van der Waals surface area (Å²) in [5.74, 6) is 2.54. The van der Waals surface area contributed by atoms with Gasteiger partial charge in [0.1, 0.15) is 0 Å². The van der Waals surface area contributed by atoms with Crippen LogP contribution in [-0.2, 0) is 6.54 Å². The molecule has 2 aliphatic heterocycles. The second-order valence-corrected chi connectivity index (χ2v) is 7.67. The van der Waals surface area contributed by atoms with Crippen LogP contribution >= 0.6 is 0 Å². The largest absolute Gasteiger partial charge is 0.454 e. The van der Waals surface area contributed by atoms with E-state index in [0.29, 0.717) is 6.54 Å². The van der Waals surface area contributed by atoms with E-state index in [1.165, 1.54) is 0 Å². The summed E-state index contributed by atoms with van der Waals surface area (Å²) in [5.41, 5.74) is 1.10. The number of hydrogen-bond donors (Lipinski definition) is 0. The lowest BCUT2D eigenvalue weighted by Crippen LogP contribution is -2.48. The monoisotopic (exact) mass is 398 g/mol. The molecule has 4 rings (SSSR count). The van der Waals surface area contributed by atoms with E-state index in [1.807, 2.05) is 29.0 Å². The first-order valence-electron chi connectivity index (χ1n) is 10.5. The predicted molar refractivity (Wildman–Crippen MR) is 110 cm³/mol. The minimum Gasteiger partial charge on any atom is -0.454 e. The molecule has 2 aliphatic rings. The van der Waals surface area contributed by atoms with Crippen LogP contribution in [0, 0.1) is 0 Å². The van der Waals surface area contributed by atoms with Gasteiger partial charge in [-0.2, -0.15) is 0 Å².